The van der Waals surface area contributed by atoms with E-state index < -0.39 is 11.0 Å². The molecule has 1 fully saturated rings. The molecule has 0 saturated heterocycles. The van der Waals surface area contributed by atoms with E-state index in [0.29, 0.717) is 23.9 Å². The van der Waals surface area contributed by atoms with Gasteiger partial charge in [-0.3, -0.25) is 9.78 Å². The Kier molecular flexibility index (Phi) is 4.72. The van der Waals surface area contributed by atoms with Crippen molar-refractivity contribution in [2.24, 2.45) is 0 Å². The highest BCUT2D eigenvalue weighted by Gasteiger charge is 2.59. The Hall–Kier alpha value is -2.22. The van der Waals surface area contributed by atoms with E-state index in [9.17, 15) is 9.00 Å². The molecule has 1 unspecified atom stereocenters. The largest absolute Gasteiger partial charge is 0.342 e. The lowest BCUT2D eigenvalue weighted by Crippen LogP contribution is -2.32. The van der Waals surface area contributed by atoms with E-state index in [1.165, 1.54) is 0 Å². The highest BCUT2D eigenvalue weighted by Crippen LogP contribution is 2.57. The molecule has 0 bridgehead atoms. The first-order chi connectivity index (χ1) is 14.4. The normalized spacial score (nSPS) is 17.9. The van der Waals surface area contributed by atoms with Gasteiger partial charge in [-0.05, 0) is 62.8 Å². The quantitative estimate of drug-likeness (QED) is 0.587. The molecule has 3 aromatic rings. The van der Waals surface area contributed by atoms with Crippen molar-refractivity contribution in [3.63, 3.8) is 0 Å². The second-order valence-corrected chi connectivity index (χ2v) is 10.4. The minimum absolute atomic E-state index is 0.164. The van der Waals surface area contributed by atoms with Crippen molar-refractivity contribution in [3.8, 4) is 0 Å². The Bertz CT molecular complexity index is 1190. The summed E-state index contributed by atoms with van der Waals surface area (Å²) in [6.07, 6.45) is 5.37. The van der Waals surface area contributed by atoms with Crippen LogP contribution in [-0.4, -0.2) is 43.8 Å². The maximum absolute atomic E-state index is 13.3. The first-order valence-corrected chi connectivity index (χ1v) is 11.7. The molecule has 5 rings (SSSR count). The number of carbonyl (C=O) groups is 1. The standard InChI is InChI=1S/C22H23ClN4O2S/c1-25(2)30(29)10-9-26-17(12-15-11-16(23)3-4-19(15)26)14-27-20-13-24-8-5-18(20)22(6-7-22)21(27)28/h3-5,8,11-13H,6-7,9-10,14H2,1-2H3. The van der Waals surface area contributed by atoms with Gasteiger partial charge in [0.2, 0.25) is 5.91 Å². The van der Waals surface area contributed by atoms with Gasteiger partial charge in [-0.15, -0.1) is 0 Å². The maximum Gasteiger partial charge on any atom is 0.238 e. The maximum atomic E-state index is 13.3. The molecule has 1 amide bonds. The van der Waals surface area contributed by atoms with Crippen molar-refractivity contribution in [1.29, 1.82) is 0 Å². The number of halogens is 1. The molecule has 1 aromatic carbocycles. The van der Waals surface area contributed by atoms with E-state index in [4.69, 9.17) is 11.6 Å². The van der Waals surface area contributed by atoms with Gasteiger partial charge in [0, 0.05) is 34.4 Å². The average Bonchev–Trinajstić information content (AvgIpc) is 3.42. The van der Waals surface area contributed by atoms with Crippen LogP contribution < -0.4 is 4.90 Å². The fourth-order valence-electron chi connectivity index (χ4n) is 4.46. The molecule has 1 aliphatic heterocycles. The van der Waals surface area contributed by atoms with Gasteiger partial charge in [-0.25, -0.2) is 8.51 Å². The lowest BCUT2D eigenvalue weighted by molar-refractivity contribution is -0.120. The smallest absolute Gasteiger partial charge is 0.238 e. The molecule has 2 aromatic heterocycles. The van der Waals surface area contributed by atoms with Gasteiger partial charge in [0.05, 0.1) is 40.6 Å². The zero-order chi connectivity index (χ0) is 21.0. The molecule has 1 atom stereocenters. The lowest BCUT2D eigenvalue weighted by Gasteiger charge is -2.20. The molecule has 6 nitrogen and oxygen atoms in total. The van der Waals surface area contributed by atoms with Gasteiger partial charge in [0.25, 0.3) is 0 Å². The third-order valence-corrected chi connectivity index (χ3v) is 7.76. The number of hydrogen-bond donors (Lipinski definition) is 0. The zero-order valence-corrected chi connectivity index (χ0v) is 18.5. The average molecular weight is 443 g/mol. The van der Waals surface area contributed by atoms with Crippen LogP contribution in [-0.2, 0) is 34.3 Å². The molecule has 156 valence electrons. The number of fused-ring (bicyclic) bond motifs is 3. The van der Waals surface area contributed by atoms with E-state index >= 15 is 0 Å². The third-order valence-electron chi connectivity index (χ3n) is 6.18. The van der Waals surface area contributed by atoms with Gasteiger partial charge < -0.3 is 9.47 Å². The molecule has 2 aliphatic rings. The Morgan fingerprint density at radius 3 is 2.77 bits per heavy atom. The number of hydrogen-bond acceptors (Lipinski definition) is 3. The molecular formula is C22H23ClN4O2S. The second-order valence-electron chi connectivity index (χ2n) is 8.19. The number of benzene rings is 1. The zero-order valence-electron chi connectivity index (χ0n) is 17.0. The lowest BCUT2D eigenvalue weighted by atomic mass is 9.99. The Morgan fingerprint density at radius 2 is 2.03 bits per heavy atom. The number of carbonyl (C=O) groups excluding carboxylic acids is 1. The second kappa shape index (κ2) is 7.18. The van der Waals surface area contributed by atoms with Gasteiger partial charge in [-0.2, -0.15) is 0 Å². The van der Waals surface area contributed by atoms with Gasteiger partial charge in [-0.1, -0.05) is 11.6 Å². The van der Waals surface area contributed by atoms with Crippen LogP contribution in [0, 0.1) is 0 Å². The van der Waals surface area contributed by atoms with E-state index in [1.54, 1.807) is 16.7 Å². The van der Waals surface area contributed by atoms with Gasteiger partial charge in [0.15, 0.2) is 0 Å². The summed E-state index contributed by atoms with van der Waals surface area (Å²) in [6.45, 7) is 1.05. The van der Waals surface area contributed by atoms with Crippen LogP contribution in [0.2, 0.25) is 5.02 Å². The fourth-order valence-corrected chi connectivity index (χ4v) is 5.35. The number of aromatic nitrogens is 2. The van der Waals surface area contributed by atoms with Crippen LogP contribution in [0.15, 0.2) is 42.7 Å². The highest BCUT2D eigenvalue weighted by molar-refractivity contribution is 7.82. The summed E-state index contributed by atoms with van der Waals surface area (Å²) in [5.41, 5.74) is 3.70. The molecule has 3 heterocycles. The van der Waals surface area contributed by atoms with Crippen LogP contribution in [0.1, 0.15) is 24.1 Å². The molecule has 1 saturated carbocycles. The van der Waals surface area contributed by atoms with E-state index in [0.717, 1.165) is 40.7 Å². The monoisotopic (exact) mass is 442 g/mol. The van der Waals surface area contributed by atoms with Crippen molar-refractivity contribution < 1.29 is 9.00 Å². The number of rotatable bonds is 6. The summed E-state index contributed by atoms with van der Waals surface area (Å²) in [5.74, 6) is 0.666. The van der Waals surface area contributed by atoms with E-state index in [2.05, 4.69) is 15.6 Å². The first-order valence-electron chi connectivity index (χ1n) is 10.0. The topological polar surface area (TPSA) is 58.4 Å². The van der Waals surface area contributed by atoms with Crippen molar-refractivity contribution in [3.05, 3.63) is 59.0 Å². The first kappa shape index (κ1) is 19.7. The van der Waals surface area contributed by atoms with E-state index in [1.807, 2.05) is 43.3 Å². The van der Waals surface area contributed by atoms with Crippen molar-refractivity contribution in [1.82, 2.24) is 13.9 Å². The van der Waals surface area contributed by atoms with Crippen LogP contribution in [0.4, 0.5) is 5.69 Å². The molecule has 0 N–H and O–H groups in total. The minimum Gasteiger partial charge on any atom is -0.342 e. The molecule has 1 spiro atoms. The summed E-state index contributed by atoms with van der Waals surface area (Å²) in [5, 5.41) is 1.69. The van der Waals surface area contributed by atoms with E-state index in [-0.39, 0.29) is 11.3 Å². The minimum atomic E-state index is -1.07. The Labute approximate surface area is 183 Å². The van der Waals surface area contributed by atoms with Crippen molar-refractivity contribution >= 4 is 45.1 Å². The van der Waals surface area contributed by atoms with Crippen molar-refractivity contribution in [2.45, 2.75) is 31.3 Å². The highest BCUT2D eigenvalue weighted by atomic mass is 35.5. The summed E-state index contributed by atoms with van der Waals surface area (Å²) in [6, 6.07) is 9.86. The summed E-state index contributed by atoms with van der Waals surface area (Å²) >= 11 is 6.22. The molecule has 1 aliphatic carbocycles. The number of amides is 1. The van der Waals surface area contributed by atoms with Gasteiger partial charge >= 0.3 is 0 Å². The Balaban J connectivity index is 1.53. The predicted molar refractivity (Wildman–Crippen MR) is 120 cm³/mol. The van der Waals surface area contributed by atoms with Crippen LogP contribution in [0.3, 0.4) is 0 Å². The molecule has 0 radical (unpaired) electrons. The van der Waals surface area contributed by atoms with Crippen molar-refractivity contribution in [2.75, 3.05) is 24.7 Å². The number of anilines is 1. The Morgan fingerprint density at radius 1 is 1.23 bits per heavy atom. The van der Waals surface area contributed by atoms with Gasteiger partial charge in [0.1, 0.15) is 0 Å². The number of pyridine rings is 1. The molecular weight excluding hydrogens is 420 g/mol. The number of nitrogens with zero attached hydrogens (tertiary/aromatic N) is 4. The van der Waals surface area contributed by atoms with Crippen LogP contribution >= 0.6 is 11.6 Å². The van der Waals surface area contributed by atoms with Crippen LogP contribution in [0.5, 0.6) is 0 Å². The van der Waals surface area contributed by atoms with Crippen LogP contribution in [0.25, 0.3) is 10.9 Å². The molecule has 8 heteroatoms. The predicted octanol–water partition coefficient (Wildman–Crippen LogP) is 3.49. The number of aryl methyl sites for hydroxylation is 1. The fraction of sp³-hybridized carbons (Fsp3) is 0.364. The third kappa shape index (κ3) is 3.07. The summed E-state index contributed by atoms with van der Waals surface area (Å²) in [7, 11) is 2.56. The SMILES string of the molecule is CN(C)S(=O)CCn1c(CN2C(=O)C3(CC3)c3ccncc32)cc2cc(Cl)ccc21. The summed E-state index contributed by atoms with van der Waals surface area (Å²) < 4.78 is 16.2. The summed E-state index contributed by atoms with van der Waals surface area (Å²) in [4.78, 5) is 19.4. The molecule has 30 heavy (non-hydrogen) atoms.